The molecule has 1 aliphatic heterocycles. The SMILES string of the molecule is Cc1ccccc1CC1CCN(C(=O)C(N)CO)CC1.Cl. The smallest absolute Gasteiger partial charge is 0.241 e. The summed E-state index contributed by atoms with van der Waals surface area (Å²) in [5.41, 5.74) is 8.33. The Bertz CT molecular complexity index is 459. The molecule has 1 aromatic rings. The number of carbonyl (C=O) groups is 1. The number of aliphatic hydroxyl groups excluding tert-OH is 1. The highest BCUT2D eigenvalue weighted by molar-refractivity contribution is 5.85. The van der Waals surface area contributed by atoms with Gasteiger partial charge in [-0.25, -0.2) is 0 Å². The predicted molar refractivity (Wildman–Crippen MR) is 86.5 cm³/mol. The highest BCUT2D eigenvalue weighted by Gasteiger charge is 2.26. The number of amides is 1. The lowest BCUT2D eigenvalue weighted by molar-refractivity contribution is -0.134. The first kappa shape index (κ1) is 18.0. The van der Waals surface area contributed by atoms with Crippen molar-refractivity contribution in [2.24, 2.45) is 11.7 Å². The molecule has 118 valence electrons. The van der Waals surface area contributed by atoms with Gasteiger partial charge in [-0.2, -0.15) is 0 Å². The van der Waals surface area contributed by atoms with Gasteiger partial charge in [-0.1, -0.05) is 24.3 Å². The van der Waals surface area contributed by atoms with Crippen molar-refractivity contribution in [2.75, 3.05) is 19.7 Å². The molecule has 1 aliphatic rings. The molecule has 1 fully saturated rings. The number of hydrogen-bond donors (Lipinski definition) is 2. The van der Waals surface area contributed by atoms with Crippen molar-refractivity contribution in [3.8, 4) is 0 Å². The van der Waals surface area contributed by atoms with Gasteiger partial charge in [-0.15, -0.1) is 12.4 Å². The summed E-state index contributed by atoms with van der Waals surface area (Å²) in [5.74, 6) is 0.507. The molecule has 2 rings (SSSR count). The molecule has 4 nitrogen and oxygen atoms in total. The van der Waals surface area contributed by atoms with Gasteiger partial charge >= 0.3 is 0 Å². The fourth-order valence-electron chi connectivity index (χ4n) is 2.82. The summed E-state index contributed by atoms with van der Waals surface area (Å²) < 4.78 is 0. The second-order valence-corrected chi connectivity index (χ2v) is 5.69. The zero-order chi connectivity index (χ0) is 14.5. The van der Waals surface area contributed by atoms with E-state index in [9.17, 15) is 4.79 Å². The first-order valence-electron chi connectivity index (χ1n) is 7.31. The summed E-state index contributed by atoms with van der Waals surface area (Å²) in [4.78, 5) is 13.7. The van der Waals surface area contributed by atoms with Crippen LogP contribution in [-0.2, 0) is 11.2 Å². The predicted octanol–water partition coefficient (Wildman–Crippen LogP) is 1.52. The van der Waals surface area contributed by atoms with Crippen LogP contribution in [0.15, 0.2) is 24.3 Å². The first-order chi connectivity index (χ1) is 9.61. The van der Waals surface area contributed by atoms with Crippen molar-refractivity contribution in [2.45, 2.75) is 32.2 Å². The number of benzene rings is 1. The van der Waals surface area contributed by atoms with Crippen LogP contribution < -0.4 is 5.73 Å². The molecule has 1 unspecified atom stereocenters. The number of halogens is 1. The van der Waals surface area contributed by atoms with E-state index in [0.29, 0.717) is 5.92 Å². The molecule has 0 saturated carbocycles. The van der Waals surface area contributed by atoms with E-state index in [4.69, 9.17) is 10.8 Å². The van der Waals surface area contributed by atoms with Crippen molar-refractivity contribution < 1.29 is 9.90 Å². The summed E-state index contributed by atoms with van der Waals surface area (Å²) in [6.07, 6.45) is 3.11. The molecule has 0 aliphatic carbocycles. The topological polar surface area (TPSA) is 66.6 Å². The van der Waals surface area contributed by atoms with E-state index < -0.39 is 6.04 Å². The number of nitrogens with zero attached hydrogens (tertiary/aromatic N) is 1. The maximum absolute atomic E-state index is 11.9. The summed E-state index contributed by atoms with van der Waals surface area (Å²) >= 11 is 0. The molecule has 21 heavy (non-hydrogen) atoms. The van der Waals surface area contributed by atoms with Crippen LogP contribution in [0.1, 0.15) is 24.0 Å². The van der Waals surface area contributed by atoms with Gasteiger partial charge in [0.2, 0.25) is 5.91 Å². The fraction of sp³-hybridized carbons (Fsp3) is 0.562. The first-order valence-corrected chi connectivity index (χ1v) is 7.31. The van der Waals surface area contributed by atoms with E-state index in [1.807, 2.05) is 0 Å². The lowest BCUT2D eigenvalue weighted by atomic mass is 9.88. The molecule has 0 radical (unpaired) electrons. The van der Waals surface area contributed by atoms with E-state index >= 15 is 0 Å². The molecule has 3 N–H and O–H groups in total. The highest BCUT2D eigenvalue weighted by Crippen LogP contribution is 2.23. The van der Waals surface area contributed by atoms with E-state index in [0.717, 1.165) is 32.4 Å². The third-order valence-electron chi connectivity index (χ3n) is 4.21. The van der Waals surface area contributed by atoms with Gasteiger partial charge in [0, 0.05) is 13.1 Å². The van der Waals surface area contributed by atoms with E-state index in [2.05, 4.69) is 31.2 Å². The summed E-state index contributed by atoms with van der Waals surface area (Å²) in [7, 11) is 0. The molecule has 0 bridgehead atoms. The van der Waals surface area contributed by atoms with Crippen molar-refractivity contribution in [1.82, 2.24) is 4.90 Å². The van der Waals surface area contributed by atoms with Crippen molar-refractivity contribution in [1.29, 1.82) is 0 Å². The Balaban J connectivity index is 0.00000220. The Labute approximate surface area is 132 Å². The van der Waals surface area contributed by atoms with Gasteiger partial charge in [0.1, 0.15) is 6.04 Å². The number of piperidine rings is 1. The number of rotatable bonds is 4. The van der Waals surface area contributed by atoms with Crippen LogP contribution in [0.3, 0.4) is 0 Å². The van der Waals surface area contributed by atoms with Crippen LogP contribution in [0.5, 0.6) is 0 Å². The average Bonchev–Trinajstić information content (AvgIpc) is 2.49. The van der Waals surface area contributed by atoms with E-state index in [1.165, 1.54) is 11.1 Å². The van der Waals surface area contributed by atoms with Crippen LogP contribution >= 0.6 is 12.4 Å². The van der Waals surface area contributed by atoms with Crippen molar-refractivity contribution >= 4 is 18.3 Å². The largest absolute Gasteiger partial charge is 0.394 e. The standard InChI is InChI=1S/C16H24N2O2.ClH/c1-12-4-2-3-5-14(12)10-13-6-8-18(9-7-13)16(20)15(17)11-19;/h2-5,13,15,19H,6-11,17H2,1H3;1H. The van der Waals surface area contributed by atoms with Crippen LogP contribution in [0.2, 0.25) is 0 Å². The third-order valence-corrected chi connectivity index (χ3v) is 4.21. The molecule has 1 saturated heterocycles. The van der Waals surface area contributed by atoms with Crippen LogP contribution in [0, 0.1) is 12.8 Å². The minimum absolute atomic E-state index is 0. The number of likely N-dealkylation sites (tertiary alicyclic amines) is 1. The minimum Gasteiger partial charge on any atom is -0.394 e. The Morgan fingerprint density at radius 2 is 2.00 bits per heavy atom. The third kappa shape index (κ3) is 4.70. The van der Waals surface area contributed by atoms with Gasteiger partial charge in [0.05, 0.1) is 6.61 Å². The summed E-state index contributed by atoms with van der Waals surface area (Å²) in [5, 5.41) is 8.94. The summed E-state index contributed by atoms with van der Waals surface area (Å²) in [6, 6.07) is 7.73. The van der Waals surface area contributed by atoms with Crippen molar-refractivity contribution in [3.63, 3.8) is 0 Å². The minimum atomic E-state index is -0.761. The molecule has 1 amide bonds. The Kier molecular flexibility index (Phi) is 7.15. The quantitative estimate of drug-likeness (QED) is 0.886. The second-order valence-electron chi connectivity index (χ2n) is 5.69. The molecular formula is C16H25ClN2O2. The zero-order valence-corrected chi connectivity index (χ0v) is 13.3. The summed E-state index contributed by atoms with van der Waals surface area (Å²) in [6.45, 7) is 3.38. The molecule has 0 aromatic heterocycles. The van der Waals surface area contributed by atoms with Crippen LogP contribution in [0.4, 0.5) is 0 Å². The zero-order valence-electron chi connectivity index (χ0n) is 12.5. The molecular weight excluding hydrogens is 288 g/mol. The number of aryl methyl sites for hydroxylation is 1. The normalized spacial score (nSPS) is 17.2. The van der Waals surface area contributed by atoms with Gasteiger partial charge in [0.25, 0.3) is 0 Å². The highest BCUT2D eigenvalue weighted by atomic mass is 35.5. The van der Waals surface area contributed by atoms with E-state index in [-0.39, 0.29) is 24.9 Å². The van der Waals surface area contributed by atoms with Gasteiger partial charge in [0.15, 0.2) is 0 Å². The maximum Gasteiger partial charge on any atom is 0.241 e. The maximum atomic E-state index is 11.9. The van der Waals surface area contributed by atoms with Crippen LogP contribution in [-0.4, -0.2) is 41.7 Å². The monoisotopic (exact) mass is 312 g/mol. The second kappa shape index (κ2) is 8.37. The van der Waals surface area contributed by atoms with Gasteiger partial charge < -0.3 is 15.7 Å². The molecule has 1 atom stereocenters. The molecule has 0 spiro atoms. The van der Waals surface area contributed by atoms with Crippen LogP contribution in [0.25, 0.3) is 0 Å². The Morgan fingerprint density at radius 1 is 1.38 bits per heavy atom. The average molecular weight is 313 g/mol. The number of hydrogen-bond acceptors (Lipinski definition) is 3. The van der Waals surface area contributed by atoms with Crippen molar-refractivity contribution in [3.05, 3.63) is 35.4 Å². The number of aliphatic hydroxyl groups is 1. The van der Waals surface area contributed by atoms with Gasteiger partial charge in [-0.05, 0) is 43.2 Å². The number of carbonyl (C=O) groups excluding carboxylic acids is 1. The Hall–Kier alpha value is -1.10. The lowest BCUT2D eigenvalue weighted by Gasteiger charge is -2.33. The molecule has 1 heterocycles. The fourth-order valence-corrected chi connectivity index (χ4v) is 2.82. The number of nitrogens with two attached hydrogens (primary N) is 1. The molecule has 1 aromatic carbocycles. The Morgan fingerprint density at radius 3 is 2.57 bits per heavy atom. The van der Waals surface area contributed by atoms with Gasteiger partial charge in [-0.3, -0.25) is 4.79 Å². The van der Waals surface area contributed by atoms with E-state index in [1.54, 1.807) is 4.90 Å². The molecule has 5 heteroatoms. The lowest BCUT2D eigenvalue weighted by Crippen LogP contribution is -2.48.